The number of hydrogen-bond acceptors (Lipinski definition) is 5. The number of nitrogens with zero attached hydrogens (tertiary/aromatic N) is 3. The van der Waals surface area contributed by atoms with Gasteiger partial charge in [0.05, 0.1) is 6.04 Å². The van der Waals surface area contributed by atoms with Crippen molar-refractivity contribution in [2.75, 3.05) is 7.05 Å². The predicted molar refractivity (Wildman–Crippen MR) is 97.7 cm³/mol. The summed E-state index contributed by atoms with van der Waals surface area (Å²) in [6.07, 6.45) is 3.03. The van der Waals surface area contributed by atoms with Crippen LogP contribution in [0.3, 0.4) is 0 Å². The van der Waals surface area contributed by atoms with Gasteiger partial charge in [0.25, 0.3) is 11.5 Å². The molecule has 128 valence electrons. The monoisotopic (exact) mass is 354 g/mol. The molecule has 1 aromatic carbocycles. The minimum Gasteiger partial charge on any atom is -0.332 e. The first kappa shape index (κ1) is 17.0. The van der Waals surface area contributed by atoms with Crippen molar-refractivity contribution in [3.8, 4) is 11.4 Å². The summed E-state index contributed by atoms with van der Waals surface area (Å²) in [6, 6.07) is 7.43. The van der Waals surface area contributed by atoms with E-state index in [-0.39, 0.29) is 17.5 Å². The lowest BCUT2D eigenvalue weighted by molar-refractivity contribution is 0.0740. The fraction of sp³-hybridized carbons (Fsp3) is 0.222. The van der Waals surface area contributed by atoms with Crippen LogP contribution in [-0.4, -0.2) is 32.8 Å². The van der Waals surface area contributed by atoms with Gasteiger partial charge in [-0.05, 0) is 13.8 Å². The Morgan fingerprint density at radius 1 is 1.24 bits per heavy atom. The molecule has 3 aromatic rings. The van der Waals surface area contributed by atoms with Crippen LogP contribution in [0.15, 0.2) is 46.8 Å². The summed E-state index contributed by atoms with van der Waals surface area (Å²) < 4.78 is 0. The maximum atomic E-state index is 12.6. The van der Waals surface area contributed by atoms with Crippen LogP contribution < -0.4 is 5.56 Å². The van der Waals surface area contributed by atoms with Crippen molar-refractivity contribution in [3.63, 3.8) is 0 Å². The SMILES string of the molecule is Cc1ccc(-c2ncc(C(=O)N(C)C(C)c3nccs3)c(=O)[nH]2)cc1. The van der Waals surface area contributed by atoms with Gasteiger partial charge in [-0.3, -0.25) is 9.59 Å². The third-order valence-corrected chi connectivity index (χ3v) is 5.01. The highest BCUT2D eigenvalue weighted by atomic mass is 32.1. The molecule has 3 rings (SSSR count). The maximum Gasteiger partial charge on any atom is 0.264 e. The molecule has 0 fully saturated rings. The van der Waals surface area contributed by atoms with Gasteiger partial charge in [-0.15, -0.1) is 11.3 Å². The Morgan fingerprint density at radius 2 is 1.96 bits per heavy atom. The Kier molecular flexibility index (Phi) is 4.76. The number of aromatic amines is 1. The quantitative estimate of drug-likeness (QED) is 0.781. The molecule has 2 heterocycles. The van der Waals surface area contributed by atoms with Crippen molar-refractivity contribution in [1.82, 2.24) is 19.9 Å². The zero-order valence-electron chi connectivity index (χ0n) is 14.2. The summed E-state index contributed by atoms with van der Waals surface area (Å²) in [6.45, 7) is 3.86. The first-order chi connectivity index (χ1) is 12.0. The van der Waals surface area contributed by atoms with Gasteiger partial charge in [0.2, 0.25) is 0 Å². The van der Waals surface area contributed by atoms with E-state index in [9.17, 15) is 9.59 Å². The van der Waals surface area contributed by atoms with E-state index in [1.807, 2.05) is 43.5 Å². The van der Waals surface area contributed by atoms with Gasteiger partial charge >= 0.3 is 0 Å². The lowest BCUT2D eigenvalue weighted by Gasteiger charge is -2.22. The molecule has 0 spiro atoms. The van der Waals surface area contributed by atoms with E-state index in [2.05, 4.69) is 15.0 Å². The average molecular weight is 354 g/mol. The van der Waals surface area contributed by atoms with E-state index in [0.29, 0.717) is 5.82 Å². The van der Waals surface area contributed by atoms with Crippen molar-refractivity contribution < 1.29 is 4.79 Å². The Hall–Kier alpha value is -2.80. The highest BCUT2D eigenvalue weighted by molar-refractivity contribution is 7.09. The number of H-pyrrole nitrogens is 1. The van der Waals surface area contributed by atoms with Gasteiger partial charge in [-0.25, -0.2) is 9.97 Å². The van der Waals surface area contributed by atoms with Crippen LogP contribution in [-0.2, 0) is 0 Å². The molecule has 1 unspecified atom stereocenters. The Bertz CT molecular complexity index is 932. The molecule has 2 aromatic heterocycles. The molecular weight excluding hydrogens is 336 g/mol. The van der Waals surface area contributed by atoms with Crippen molar-refractivity contribution >= 4 is 17.2 Å². The summed E-state index contributed by atoms with van der Waals surface area (Å²) >= 11 is 1.47. The fourth-order valence-corrected chi connectivity index (χ4v) is 3.12. The summed E-state index contributed by atoms with van der Waals surface area (Å²) in [5.74, 6) is 0.0593. The zero-order chi connectivity index (χ0) is 18.0. The fourth-order valence-electron chi connectivity index (χ4n) is 2.38. The molecule has 0 saturated carbocycles. The molecule has 6 nitrogen and oxygen atoms in total. The smallest absolute Gasteiger partial charge is 0.264 e. The molecule has 7 heteroatoms. The number of aromatic nitrogens is 3. The van der Waals surface area contributed by atoms with Crippen LogP contribution >= 0.6 is 11.3 Å². The Labute approximate surface area is 149 Å². The number of hydrogen-bond donors (Lipinski definition) is 1. The molecule has 0 aliphatic rings. The number of carbonyl (C=O) groups excluding carboxylic acids is 1. The number of aryl methyl sites for hydroxylation is 1. The summed E-state index contributed by atoms with van der Waals surface area (Å²) in [4.78, 5) is 37.7. The van der Waals surface area contributed by atoms with Crippen LogP contribution in [0.4, 0.5) is 0 Å². The number of benzene rings is 1. The lowest BCUT2D eigenvalue weighted by Crippen LogP contribution is -2.34. The first-order valence-electron chi connectivity index (χ1n) is 7.80. The minimum absolute atomic E-state index is 0.0155. The van der Waals surface area contributed by atoms with Gasteiger partial charge in [-0.1, -0.05) is 29.8 Å². The minimum atomic E-state index is -0.450. The standard InChI is InChI=1S/C18H18N4O2S/c1-11-4-6-13(7-5-11)15-20-10-14(16(23)21-15)18(24)22(3)12(2)17-19-8-9-25-17/h4-10,12H,1-3H3,(H,20,21,23). The lowest BCUT2D eigenvalue weighted by atomic mass is 10.1. The van der Waals surface area contributed by atoms with Gasteiger partial charge in [0.1, 0.15) is 16.4 Å². The highest BCUT2D eigenvalue weighted by Crippen LogP contribution is 2.22. The Balaban J connectivity index is 1.86. The van der Waals surface area contributed by atoms with Crippen LogP contribution in [0.5, 0.6) is 0 Å². The topological polar surface area (TPSA) is 79.0 Å². The van der Waals surface area contributed by atoms with E-state index in [4.69, 9.17) is 0 Å². The summed E-state index contributed by atoms with van der Waals surface area (Å²) in [7, 11) is 1.65. The number of carbonyl (C=O) groups is 1. The van der Waals surface area contributed by atoms with Gasteiger partial charge in [-0.2, -0.15) is 0 Å². The van der Waals surface area contributed by atoms with Gasteiger partial charge in [0.15, 0.2) is 0 Å². The second-order valence-corrected chi connectivity index (χ2v) is 6.73. The Morgan fingerprint density at radius 3 is 2.56 bits per heavy atom. The molecule has 0 radical (unpaired) electrons. The van der Waals surface area contributed by atoms with Crippen molar-refractivity contribution in [2.24, 2.45) is 0 Å². The third kappa shape index (κ3) is 3.51. The number of rotatable bonds is 4. The molecule has 1 N–H and O–H groups in total. The second kappa shape index (κ2) is 6.98. The van der Waals surface area contributed by atoms with Crippen molar-refractivity contribution in [2.45, 2.75) is 19.9 Å². The first-order valence-corrected chi connectivity index (χ1v) is 8.68. The van der Waals surface area contributed by atoms with Crippen LogP contribution in [0.1, 0.15) is 33.9 Å². The molecule has 0 aliphatic carbocycles. The molecule has 0 aliphatic heterocycles. The highest BCUT2D eigenvalue weighted by Gasteiger charge is 2.23. The number of nitrogens with one attached hydrogen (secondary N) is 1. The largest absolute Gasteiger partial charge is 0.332 e. The molecule has 0 saturated heterocycles. The van der Waals surface area contributed by atoms with Crippen molar-refractivity contribution in [1.29, 1.82) is 0 Å². The predicted octanol–water partition coefficient (Wildman–Crippen LogP) is 3.04. The molecule has 1 amide bonds. The van der Waals surface area contributed by atoms with Crippen LogP contribution in [0.2, 0.25) is 0 Å². The third-order valence-electron chi connectivity index (χ3n) is 4.06. The van der Waals surface area contributed by atoms with Crippen LogP contribution in [0, 0.1) is 6.92 Å². The van der Waals surface area contributed by atoms with Gasteiger partial charge < -0.3 is 9.88 Å². The molecular formula is C18H18N4O2S. The number of amides is 1. The maximum absolute atomic E-state index is 12.6. The van der Waals surface area contributed by atoms with E-state index in [0.717, 1.165) is 16.1 Å². The molecule has 1 atom stereocenters. The van der Waals surface area contributed by atoms with E-state index in [1.165, 1.54) is 22.4 Å². The second-order valence-electron chi connectivity index (χ2n) is 5.80. The summed E-state index contributed by atoms with van der Waals surface area (Å²) in [5, 5.41) is 2.67. The number of thiazole rings is 1. The average Bonchev–Trinajstić information content (AvgIpc) is 3.15. The summed E-state index contributed by atoms with van der Waals surface area (Å²) in [5.41, 5.74) is 1.48. The van der Waals surface area contributed by atoms with E-state index >= 15 is 0 Å². The zero-order valence-corrected chi connectivity index (χ0v) is 15.0. The van der Waals surface area contributed by atoms with Crippen molar-refractivity contribution in [3.05, 3.63) is 68.5 Å². The van der Waals surface area contributed by atoms with Crippen LogP contribution in [0.25, 0.3) is 11.4 Å². The normalized spacial score (nSPS) is 12.0. The van der Waals surface area contributed by atoms with Gasteiger partial charge in [0, 0.05) is 30.4 Å². The molecule has 25 heavy (non-hydrogen) atoms. The molecule has 0 bridgehead atoms. The van der Waals surface area contributed by atoms with E-state index < -0.39 is 5.56 Å². The van der Waals surface area contributed by atoms with E-state index in [1.54, 1.807) is 13.2 Å².